The van der Waals surface area contributed by atoms with E-state index in [4.69, 9.17) is 4.74 Å². The van der Waals surface area contributed by atoms with Crippen LogP contribution in [0.1, 0.15) is 29.2 Å². The zero-order valence-corrected chi connectivity index (χ0v) is 18.9. The van der Waals surface area contributed by atoms with E-state index >= 15 is 0 Å². The van der Waals surface area contributed by atoms with Crippen LogP contribution in [-0.4, -0.2) is 63.2 Å². The first-order valence-electron chi connectivity index (χ1n) is 11.3. The highest BCUT2D eigenvalue weighted by Gasteiger charge is 2.26. The smallest absolute Gasteiger partial charge is 0.313 e. The third-order valence-corrected chi connectivity index (χ3v) is 6.38. The van der Waals surface area contributed by atoms with Crippen LogP contribution < -0.4 is 15.5 Å². The minimum atomic E-state index is -0.646. The van der Waals surface area contributed by atoms with Crippen molar-refractivity contribution in [2.24, 2.45) is 0 Å². The van der Waals surface area contributed by atoms with E-state index in [1.165, 1.54) is 16.8 Å². The van der Waals surface area contributed by atoms with Gasteiger partial charge in [-0.3, -0.25) is 14.5 Å². The SMILES string of the molecule is Cc1ccccc1NC(=O)C(=O)NCC(c1ccc2c(c1)CCCN2C)N1CCOCC1. The summed E-state index contributed by atoms with van der Waals surface area (Å²) in [6.45, 7) is 6.28. The second-order valence-corrected chi connectivity index (χ2v) is 8.56. The molecule has 1 saturated heterocycles. The van der Waals surface area contributed by atoms with Gasteiger partial charge < -0.3 is 20.3 Å². The molecule has 7 nitrogen and oxygen atoms in total. The summed E-state index contributed by atoms with van der Waals surface area (Å²) in [5.41, 5.74) is 5.36. The van der Waals surface area contributed by atoms with Crippen molar-refractivity contribution in [3.8, 4) is 0 Å². The number of para-hydroxylation sites is 1. The first kappa shape index (κ1) is 22.3. The van der Waals surface area contributed by atoms with Gasteiger partial charge in [0.1, 0.15) is 0 Å². The summed E-state index contributed by atoms with van der Waals surface area (Å²) < 4.78 is 5.53. The van der Waals surface area contributed by atoms with E-state index in [1.54, 1.807) is 6.07 Å². The number of rotatable bonds is 5. The molecule has 2 aliphatic heterocycles. The Morgan fingerprint density at radius 2 is 1.84 bits per heavy atom. The highest BCUT2D eigenvalue weighted by atomic mass is 16.5. The Morgan fingerprint density at radius 1 is 1.06 bits per heavy atom. The molecule has 1 atom stereocenters. The van der Waals surface area contributed by atoms with E-state index < -0.39 is 11.8 Å². The molecule has 0 aliphatic carbocycles. The molecule has 1 unspecified atom stereocenters. The van der Waals surface area contributed by atoms with Gasteiger partial charge in [0.05, 0.1) is 19.3 Å². The van der Waals surface area contributed by atoms with Gasteiger partial charge in [-0.2, -0.15) is 0 Å². The molecule has 0 saturated carbocycles. The molecule has 0 spiro atoms. The average Bonchev–Trinajstić information content (AvgIpc) is 2.81. The molecule has 2 heterocycles. The van der Waals surface area contributed by atoms with Gasteiger partial charge in [-0.1, -0.05) is 30.3 Å². The van der Waals surface area contributed by atoms with E-state index in [0.29, 0.717) is 25.4 Å². The van der Waals surface area contributed by atoms with Gasteiger partial charge >= 0.3 is 11.8 Å². The Labute approximate surface area is 189 Å². The fourth-order valence-electron chi connectivity index (χ4n) is 4.52. The Balaban J connectivity index is 1.47. The van der Waals surface area contributed by atoms with Crippen LogP contribution in [0.4, 0.5) is 11.4 Å². The second-order valence-electron chi connectivity index (χ2n) is 8.56. The molecule has 2 amide bonds. The molecule has 7 heteroatoms. The molecular weight excluding hydrogens is 404 g/mol. The molecule has 4 rings (SSSR count). The number of nitrogens with zero attached hydrogens (tertiary/aromatic N) is 2. The third kappa shape index (κ3) is 5.11. The molecule has 2 N–H and O–H groups in total. The summed E-state index contributed by atoms with van der Waals surface area (Å²) in [4.78, 5) is 29.7. The first-order valence-corrected chi connectivity index (χ1v) is 11.3. The summed E-state index contributed by atoms with van der Waals surface area (Å²) in [6.07, 6.45) is 2.21. The van der Waals surface area contributed by atoms with Crippen molar-refractivity contribution in [2.45, 2.75) is 25.8 Å². The predicted octanol–water partition coefficient (Wildman–Crippen LogP) is 2.51. The highest BCUT2D eigenvalue weighted by Crippen LogP contribution is 2.31. The minimum absolute atomic E-state index is 0.00774. The van der Waals surface area contributed by atoms with E-state index in [-0.39, 0.29) is 6.04 Å². The summed E-state index contributed by atoms with van der Waals surface area (Å²) in [6, 6.07) is 14.0. The number of amides is 2. The molecule has 32 heavy (non-hydrogen) atoms. The van der Waals surface area contributed by atoms with Gasteiger partial charge in [-0.25, -0.2) is 0 Å². The Hall–Kier alpha value is -2.90. The lowest BCUT2D eigenvalue weighted by atomic mass is 9.95. The predicted molar refractivity (Wildman–Crippen MR) is 126 cm³/mol. The second kappa shape index (κ2) is 10.1. The number of hydrogen-bond donors (Lipinski definition) is 2. The number of aryl methyl sites for hydroxylation is 2. The quantitative estimate of drug-likeness (QED) is 0.705. The van der Waals surface area contributed by atoms with Crippen LogP contribution in [0.25, 0.3) is 0 Å². The first-order chi connectivity index (χ1) is 15.5. The zero-order valence-electron chi connectivity index (χ0n) is 18.9. The summed E-state index contributed by atoms with van der Waals surface area (Å²) in [5, 5.41) is 5.57. The zero-order chi connectivity index (χ0) is 22.5. The Bertz CT molecular complexity index is 971. The van der Waals surface area contributed by atoms with Crippen LogP contribution in [0.5, 0.6) is 0 Å². The molecular formula is C25H32N4O3. The molecule has 0 radical (unpaired) electrons. The molecule has 1 fully saturated rings. The lowest BCUT2D eigenvalue weighted by Gasteiger charge is -2.36. The van der Waals surface area contributed by atoms with Gasteiger partial charge in [-0.05, 0) is 48.6 Å². The number of morpholine rings is 1. The van der Waals surface area contributed by atoms with Crippen LogP contribution in [0, 0.1) is 6.92 Å². The van der Waals surface area contributed by atoms with E-state index in [0.717, 1.165) is 38.0 Å². The maximum absolute atomic E-state index is 12.6. The van der Waals surface area contributed by atoms with Gasteiger partial charge in [0.25, 0.3) is 0 Å². The maximum Gasteiger partial charge on any atom is 0.313 e. The van der Waals surface area contributed by atoms with Crippen molar-refractivity contribution in [2.75, 3.05) is 56.7 Å². The van der Waals surface area contributed by atoms with Crippen molar-refractivity contribution in [3.05, 3.63) is 59.2 Å². The summed E-state index contributed by atoms with van der Waals surface area (Å²) >= 11 is 0. The lowest BCUT2D eigenvalue weighted by molar-refractivity contribution is -0.136. The monoisotopic (exact) mass is 436 g/mol. The number of nitrogens with one attached hydrogen (secondary N) is 2. The van der Waals surface area contributed by atoms with Crippen LogP contribution in [0.15, 0.2) is 42.5 Å². The number of carbonyl (C=O) groups excluding carboxylic acids is 2. The normalized spacial score (nSPS) is 17.4. The number of hydrogen-bond acceptors (Lipinski definition) is 5. The van der Waals surface area contributed by atoms with Crippen LogP contribution in [-0.2, 0) is 20.7 Å². The lowest BCUT2D eigenvalue weighted by Crippen LogP contribution is -2.45. The minimum Gasteiger partial charge on any atom is -0.379 e. The number of ether oxygens (including phenoxy) is 1. The topological polar surface area (TPSA) is 73.9 Å². The van der Waals surface area contributed by atoms with Crippen molar-refractivity contribution in [3.63, 3.8) is 0 Å². The highest BCUT2D eigenvalue weighted by molar-refractivity contribution is 6.39. The molecule has 2 aromatic rings. The summed E-state index contributed by atoms with van der Waals surface area (Å²) in [5.74, 6) is -1.27. The molecule has 2 aliphatic rings. The number of carbonyl (C=O) groups is 2. The van der Waals surface area contributed by atoms with Gasteiger partial charge in [-0.15, -0.1) is 0 Å². The van der Waals surface area contributed by atoms with Crippen LogP contribution in [0.2, 0.25) is 0 Å². The van der Waals surface area contributed by atoms with Crippen molar-refractivity contribution in [1.29, 1.82) is 0 Å². The van der Waals surface area contributed by atoms with E-state index in [2.05, 4.69) is 45.7 Å². The average molecular weight is 437 g/mol. The van der Waals surface area contributed by atoms with Crippen LogP contribution in [0.3, 0.4) is 0 Å². The Morgan fingerprint density at radius 3 is 2.62 bits per heavy atom. The van der Waals surface area contributed by atoms with Crippen molar-refractivity contribution >= 4 is 23.2 Å². The fraction of sp³-hybridized carbons (Fsp3) is 0.440. The van der Waals surface area contributed by atoms with E-state index in [1.807, 2.05) is 25.1 Å². The van der Waals surface area contributed by atoms with Crippen molar-refractivity contribution < 1.29 is 14.3 Å². The van der Waals surface area contributed by atoms with Gasteiger partial charge in [0.2, 0.25) is 0 Å². The number of benzene rings is 2. The number of anilines is 2. The molecule has 170 valence electrons. The Kier molecular flexibility index (Phi) is 7.07. The van der Waals surface area contributed by atoms with Gasteiger partial charge in [0, 0.05) is 44.6 Å². The summed E-state index contributed by atoms with van der Waals surface area (Å²) in [7, 11) is 2.13. The fourth-order valence-corrected chi connectivity index (χ4v) is 4.52. The number of fused-ring (bicyclic) bond motifs is 1. The third-order valence-electron chi connectivity index (χ3n) is 6.38. The van der Waals surface area contributed by atoms with Crippen molar-refractivity contribution in [1.82, 2.24) is 10.2 Å². The largest absolute Gasteiger partial charge is 0.379 e. The van der Waals surface area contributed by atoms with Gasteiger partial charge in [0.15, 0.2) is 0 Å². The van der Waals surface area contributed by atoms with Crippen LogP contribution >= 0.6 is 0 Å². The molecule has 2 aromatic carbocycles. The maximum atomic E-state index is 12.6. The molecule has 0 bridgehead atoms. The standard InChI is InChI=1S/C25H32N4O3/c1-18-6-3-4-8-21(18)27-25(31)24(30)26-17-23(29-12-14-32-15-13-29)20-9-10-22-19(16-20)7-5-11-28(22)2/h3-4,6,8-10,16,23H,5,7,11-15,17H2,1-2H3,(H,26,30)(H,27,31). The van der Waals surface area contributed by atoms with E-state index in [9.17, 15) is 9.59 Å². The molecule has 0 aromatic heterocycles.